The van der Waals surface area contributed by atoms with Crippen molar-refractivity contribution >= 4 is 29.6 Å². The molecule has 35 heavy (non-hydrogen) atoms. The third-order valence-corrected chi connectivity index (χ3v) is 4.92. The highest BCUT2D eigenvalue weighted by Crippen LogP contribution is 2.31. The molecule has 1 heterocycles. The van der Waals surface area contributed by atoms with Crippen LogP contribution in [0.3, 0.4) is 0 Å². The lowest BCUT2D eigenvalue weighted by atomic mass is 10.1. The summed E-state index contributed by atoms with van der Waals surface area (Å²) in [7, 11) is 2.92. The second-order valence-electron chi connectivity index (χ2n) is 7.18. The predicted octanol–water partition coefficient (Wildman–Crippen LogP) is 4.18. The van der Waals surface area contributed by atoms with Crippen LogP contribution in [0.1, 0.15) is 21.5 Å². The molecule has 0 atom stereocenters. The molecule has 3 aromatic carbocycles. The number of benzene rings is 3. The maximum absolute atomic E-state index is 12.5. The maximum Gasteiger partial charge on any atom is 0.363 e. The van der Waals surface area contributed by atoms with Gasteiger partial charge in [0.15, 0.2) is 17.2 Å². The van der Waals surface area contributed by atoms with Gasteiger partial charge in [0.2, 0.25) is 5.90 Å². The van der Waals surface area contributed by atoms with Gasteiger partial charge in [0, 0.05) is 17.7 Å². The van der Waals surface area contributed by atoms with Crippen LogP contribution in [-0.2, 0) is 9.53 Å². The molecule has 0 saturated carbocycles. The van der Waals surface area contributed by atoms with Gasteiger partial charge in [0.1, 0.15) is 5.75 Å². The number of esters is 2. The third-order valence-electron chi connectivity index (χ3n) is 4.92. The van der Waals surface area contributed by atoms with Gasteiger partial charge in [0.25, 0.3) is 5.69 Å². The Morgan fingerprint density at radius 2 is 1.80 bits per heavy atom. The van der Waals surface area contributed by atoms with E-state index < -0.39 is 16.9 Å². The lowest BCUT2D eigenvalue weighted by Crippen LogP contribution is -2.09. The molecule has 4 rings (SSSR count). The molecule has 1 aliphatic heterocycles. The molecule has 0 aliphatic carbocycles. The van der Waals surface area contributed by atoms with E-state index in [2.05, 4.69) is 4.99 Å². The first-order chi connectivity index (χ1) is 16.9. The number of nitrogens with zero attached hydrogens (tertiary/aromatic N) is 2. The number of ether oxygens (including phenoxy) is 4. The van der Waals surface area contributed by atoms with E-state index in [1.807, 2.05) is 0 Å². The molecule has 0 spiro atoms. The second kappa shape index (κ2) is 9.87. The molecular formula is C25H18N2O8. The SMILES string of the molecule is COc1cccc(C2=NC(=Cc3ccc(OC(=O)c4cccc([N+](=O)[O-])c4)c(OC)c3)C(=O)O2)c1. The van der Waals surface area contributed by atoms with E-state index in [0.29, 0.717) is 16.9 Å². The highest BCUT2D eigenvalue weighted by atomic mass is 16.6. The van der Waals surface area contributed by atoms with Gasteiger partial charge >= 0.3 is 11.9 Å². The first kappa shape index (κ1) is 23.2. The fourth-order valence-corrected chi connectivity index (χ4v) is 3.21. The number of carbonyl (C=O) groups excluding carboxylic acids is 2. The molecule has 0 amide bonds. The zero-order chi connectivity index (χ0) is 24.9. The monoisotopic (exact) mass is 474 g/mol. The average Bonchev–Trinajstić information content (AvgIpc) is 3.24. The van der Waals surface area contributed by atoms with Crippen molar-refractivity contribution in [2.75, 3.05) is 14.2 Å². The summed E-state index contributed by atoms with van der Waals surface area (Å²) in [6.07, 6.45) is 1.50. The molecule has 0 radical (unpaired) electrons. The number of cyclic esters (lactones) is 1. The fourth-order valence-electron chi connectivity index (χ4n) is 3.21. The van der Waals surface area contributed by atoms with Crippen molar-refractivity contribution in [2.24, 2.45) is 4.99 Å². The topological polar surface area (TPSA) is 127 Å². The quantitative estimate of drug-likeness (QED) is 0.164. The summed E-state index contributed by atoms with van der Waals surface area (Å²) in [6, 6.07) is 16.8. The highest BCUT2D eigenvalue weighted by molar-refractivity contribution is 6.13. The summed E-state index contributed by atoms with van der Waals surface area (Å²) in [6.45, 7) is 0. The van der Waals surface area contributed by atoms with Crippen molar-refractivity contribution in [3.8, 4) is 17.2 Å². The van der Waals surface area contributed by atoms with E-state index in [4.69, 9.17) is 18.9 Å². The Hall–Kier alpha value is -4.99. The Morgan fingerprint density at radius 3 is 2.54 bits per heavy atom. The standard InChI is InChI=1S/C25H18N2O8/c1-32-19-8-4-5-16(14-19)23-26-20(25(29)35-23)11-15-9-10-21(22(12-15)33-2)34-24(28)17-6-3-7-18(13-17)27(30)31/h3-14H,1-2H3. The highest BCUT2D eigenvalue weighted by Gasteiger charge is 2.25. The zero-order valence-corrected chi connectivity index (χ0v) is 18.6. The molecule has 0 fully saturated rings. The molecule has 0 saturated heterocycles. The lowest BCUT2D eigenvalue weighted by Gasteiger charge is -2.10. The van der Waals surface area contributed by atoms with Crippen LogP contribution in [0.5, 0.6) is 17.2 Å². The lowest BCUT2D eigenvalue weighted by molar-refractivity contribution is -0.384. The number of nitro benzene ring substituents is 1. The van der Waals surface area contributed by atoms with Gasteiger partial charge in [-0.1, -0.05) is 18.2 Å². The summed E-state index contributed by atoms with van der Waals surface area (Å²) in [5.74, 6) is -0.358. The molecule has 10 nitrogen and oxygen atoms in total. The molecule has 0 unspecified atom stereocenters. The van der Waals surface area contributed by atoms with Gasteiger partial charge in [-0.2, -0.15) is 0 Å². The van der Waals surface area contributed by atoms with Crippen LogP contribution in [-0.4, -0.2) is 37.0 Å². The van der Waals surface area contributed by atoms with Crippen molar-refractivity contribution in [1.82, 2.24) is 0 Å². The number of hydrogen-bond acceptors (Lipinski definition) is 9. The van der Waals surface area contributed by atoms with Crippen LogP contribution < -0.4 is 14.2 Å². The molecule has 0 N–H and O–H groups in total. The largest absolute Gasteiger partial charge is 0.497 e. The first-order valence-corrected chi connectivity index (χ1v) is 10.2. The minimum Gasteiger partial charge on any atom is -0.497 e. The van der Waals surface area contributed by atoms with Crippen LogP contribution in [0.15, 0.2) is 77.4 Å². The van der Waals surface area contributed by atoms with Crippen LogP contribution in [0.25, 0.3) is 6.08 Å². The van der Waals surface area contributed by atoms with Crippen LogP contribution >= 0.6 is 0 Å². The average molecular weight is 474 g/mol. The normalized spacial score (nSPS) is 13.7. The molecule has 10 heteroatoms. The number of rotatable bonds is 7. The summed E-state index contributed by atoms with van der Waals surface area (Å²) in [4.78, 5) is 39.4. The second-order valence-corrected chi connectivity index (χ2v) is 7.18. The van der Waals surface area contributed by atoms with Crippen molar-refractivity contribution in [3.63, 3.8) is 0 Å². The minimum atomic E-state index is -0.787. The summed E-state index contributed by atoms with van der Waals surface area (Å²) < 4.78 is 21.1. The number of hydrogen-bond donors (Lipinski definition) is 0. The van der Waals surface area contributed by atoms with Crippen LogP contribution in [0, 0.1) is 10.1 Å². The Kier molecular flexibility index (Phi) is 6.54. The van der Waals surface area contributed by atoms with E-state index in [9.17, 15) is 19.7 Å². The van der Waals surface area contributed by atoms with E-state index in [1.54, 1.807) is 36.4 Å². The Bertz CT molecular complexity index is 1390. The first-order valence-electron chi connectivity index (χ1n) is 10.2. The number of aliphatic imine (C=N–C) groups is 1. The van der Waals surface area contributed by atoms with Gasteiger partial charge in [-0.3, -0.25) is 10.1 Å². The van der Waals surface area contributed by atoms with Gasteiger partial charge in [0.05, 0.1) is 24.7 Å². The Morgan fingerprint density at radius 1 is 1.00 bits per heavy atom. The van der Waals surface area contributed by atoms with Crippen molar-refractivity contribution in [3.05, 3.63) is 99.2 Å². The molecule has 0 bridgehead atoms. The van der Waals surface area contributed by atoms with Crippen molar-refractivity contribution in [1.29, 1.82) is 0 Å². The fraction of sp³-hybridized carbons (Fsp3) is 0.0800. The number of non-ortho nitro benzene ring substituents is 1. The van der Waals surface area contributed by atoms with Crippen molar-refractivity contribution in [2.45, 2.75) is 0 Å². The molecular weight excluding hydrogens is 456 g/mol. The number of carbonyl (C=O) groups is 2. The summed E-state index contributed by atoms with van der Waals surface area (Å²) >= 11 is 0. The zero-order valence-electron chi connectivity index (χ0n) is 18.6. The molecule has 0 aromatic heterocycles. The van der Waals surface area contributed by atoms with Gasteiger partial charge in [-0.25, -0.2) is 14.6 Å². The molecule has 1 aliphatic rings. The van der Waals surface area contributed by atoms with Gasteiger partial charge in [-0.15, -0.1) is 0 Å². The van der Waals surface area contributed by atoms with E-state index in [-0.39, 0.29) is 34.3 Å². The number of nitro groups is 1. The van der Waals surface area contributed by atoms with Crippen LogP contribution in [0.2, 0.25) is 0 Å². The summed E-state index contributed by atoms with van der Waals surface area (Å²) in [5, 5.41) is 10.9. The van der Waals surface area contributed by atoms with Crippen LogP contribution in [0.4, 0.5) is 5.69 Å². The molecule has 176 valence electrons. The van der Waals surface area contributed by atoms with E-state index in [1.165, 1.54) is 44.6 Å². The number of methoxy groups -OCH3 is 2. The van der Waals surface area contributed by atoms with E-state index >= 15 is 0 Å². The molecule has 3 aromatic rings. The predicted molar refractivity (Wildman–Crippen MR) is 125 cm³/mol. The summed E-state index contributed by atoms with van der Waals surface area (Å²) in [5.41, 5.74) is 0.985. The Balaban J connectivity index is 1.57. The van der Waals surface area contributed by atoms with Gasteiger partial charge in [-0.05, 0) is 48.0 Å². The Labute approximate surface area is 199 Å². The van der Waals surface area contributed by atoms with Crippen molar-refractivity contribution < 1.29 is 33.5 Å². The van der Waals surface area contributed by atoms with E-state index in [0.717, 1.165) is 6.07 Å². The smallest absolute Gasteiger partial charge is 0.363 e. The third kappa shape index (κ3) is 5.17. The minimum absolute atomic E-state index is 0.0144. The van der Waals surface area contributed by atoms with Gasteiger partial charge < -0.3 is 18.9 Å². The maximum atomic E-state index is 12.5.